The predicted molar refractivity (Wildman–Crippen MR) is 134 cm³/mol. The summed E-state index contributed by atoms with van der Waals surface area (Å²) in [6.45, 7) is 4.47. The number of benzene rings is 2. The van der Waals surface area contributed by atoms with Crippen molar-refractivity contribution in [3.8, 4) is 16.9 Å². The summed E-state index contributed by atoms with van der Waals surface area (Å²) in [4.78, 5) is 20.4. The molecule has 0 aliphatic heterocycles. The fourth-order valence-corrected chi connectivity index (χ4v) is 4.99. The zero-order valence-corrected chi connectivity index (χ0v) is 20.6. The van der Waals surface area contributed by atoms with Crippen molar-refractivity contribution < 1.29 is 14.1 Å². The van der Waals surface area contributed by atoms with E-state index in [0.717, 1.165) is 39.2 Å². The van der Waals surface area contributed by atoms with Crippen LogP contribution in [0, 0.1) is 13.8 Å². The number of imidazole rings is 1. The van der Waals surface area contributed by atoms with Crippen LogP contribution in [0.2, 0.25) is 0 Å². The van der Waals surface area contributed by atoms with Crippen LogP contribution < -0.4 is 14.0 Å². The molecule has 0 fully saturated rings. The van der Waals surface area contributed by atoms with Gasteiger partial charge in [-0.3, -0.25) is 0 Å². The molecule has 0 atom stereocenters. The number of carbonyl (C=O) groups excluding carboxylic acids is 1. The van der Waals surface area contributed by atoms with Gasteiger partial charge >= 0.3 is 131 Å². The molecule has 0 aliphatic carbocycles. The van der Waals surface area contributed by atoms with Crippen molar-refractivity contribution in [2.24, 2.45) is 0 Å². The third kappa shape index (κ3) is 4.72. The minimum atomic E-state index is -1.31. The number of amides is 1. The minimum absolute atomic E-state index is 0.0327. The van der Waals surface area contributed by atoms with Crippen LogP contribution in [0.4, 0.5) is 5.69 Å². The summed E-state index contributed by atoms with van der Waals surface area (Å²) in [6.07, 6.45) is 1.79. The number of aryl methyl sites for hydroxylation is 2. The molecule has 2 aromatic carbocycles. The second kappa shape index (κ2) is 9.19. The molecule has 8 nitrogen and oxygen atoms in total. The molecule has 0 saturated heterocycles. The Bertz CT molecular complexity index is 1240. The van der Waals surface area contributed by atoms with E-state index in [0.29, 0.717) is 18.0 Å². The average molecular weight is 547 g/mol. The number of anilines is 1. The first kappa shape index (κ1) is 22.1. The Balaban J connectivity index is 1.54. The Hall–Kier alpha value is -3.08. The summed E-state index contributed by atoms with van der Waals surface area (Å²) in [5, 5.41) is 4.06. The molecule has 0 saturated carbocycles. The number of nitrogens with two attached hydrogens (primary N) is 1. The number of nitrogen functional groups attached to an aromatic ring is 1. The molecule has 3 N–H and O–H groups in total. The van der Waals surface area contributed by atoms with E-state index < -0.39 is 20.1 Å². The van der Waals surface area contributed by atoms with Gasteiger partial charge in [0.15, 0.2) is 0 Å². The van der Waals surface area contributed by atoms with Crippen LogP contribution >= 0.6 is 20.1 Å². The van der Waals surface area contributed by atoms with Crippen molar-refractivity contribution in [2.45, 2.75) is 20.4 Å². The van der Waals surface area contributed by atoms with Gasteiger partial charge in [0.05, 0.1) is 11.4 Å². The molecule has 168 valence electrons. The second-order valence-corrected chi connectivity index (χ2v) is 12.6. The maximum absolute atomic E-state index is 11.8. The summed E-state index contributed by atoms with van der Waals surface area (Å²) < 4.78 is 15.9. The molecule has 4 aromatic rings. The third-order valence-corrected chi connectivity index (χ3v) is 6.70. The van der Waals surface area contributed by atoms with Crippen molar-refractivity contribution in [3.05, 3.63) is 59.7 Å². The van der Waals surface area contributed by atoms with Crippen LogP contribution in [0.15, 0.2) is 47.2 Å². The van der Waals surface area contributed by atoms with Crippen LogP contribution in [-0.4, -0.2) is 37.1 Å². The average Bonchev–Trinajstić information content (AvgIpc) is 3.30. The molecule has 0 radical (unpaired) electrons. The van der Waals surface area contributed by atoms with Gasteiger partial charge in [-0.15, -0.1) is 0 Å². The fourth-order valence-electron chi connectivity index (χ4n) is 3.63. The monoisotopic (exact) mass is 547 g/mol. The van der Waals surface area contributed by atoms with Gasteiger partial charge in [0.2, 0.25) is 0 Å². The molecule has 0 spiro atoms. The zero-order valence-electron chi connectivity index (χ0n) is 18.5. The predicted octanol–water partition coefficient (Wildman–Crippen LogP) is 4.11. The number of nitrogens with one attached hydrogen (secondary N) is 1. The molecule has 32 heavy (non-hydrogen) atoms. The molecule has 2 aromatic heterocycles. The van der Waals surface area contributed by atoms with Crippen molar-refractivity contribution in [3.63, 3.8) is 0 Å². The zero-order chi connectivity index (χ0) is 22.8. The summed E-state index contributed by atoms with van der Waals surface area (Å²) in [7, 11) is 0. The number of carbonyl (C=O) groups is 1. The third-order valence-electron chi connectivity index (χ3n) is 5.02. The Kier molecular flexibility index (Phi) is 6.35. The SMILES string of the molecule is Cc1noc(C)c1-c1cc(N)c2ncn(Cc3ccc(OCC(=O)NI(C)C)cc3)c2c1. The number of hydrogen-bond acceptors (Lipinski definition) is 6. The standard InChI is InChI=1S/C23H26IN5O3/c1-14-22(15(2)32-28-14)17-9-19(25)23-20(10-17)29(13-26-23)11-16-5-7-18(8-6-16)31-12-21(30)27-24(3)4/h5-10,13H,11-12,25H2,1-4H3,(H,27,30). The molecule has 9 heteroatoms. The summed E-state index contributed by atoms with van der Waals surface area (Å²) in [6, 6.07) is 11.7. The first-order valence-electron chi connectivity index (χ1n) is 10.0. The number of nitrogens with zero attached hydrogens (tertiary/aromatic N) is 3. The van der Waals surface area contributed by atoms with Crippen LogP contribution in [-0.2, 0) is 11.3 Å². The molecule has 4 rings (SSSR count). The first-order valence-corrected chi connectivity index (χ1v) is 15.4. The van der Waals surface area contributed by atoms with Crippen molar-refractivity contribution in [1.29, 1.82) is 0 Å². The molecular formula is C23H26IN5O3. The first-order chi connectivity index (χ1) is 15.3. The quantitative estimate of drug-likeness (QED) is 0.156. The van der Waals surface area contributed by atoms with Crippen molar-refractivity contribution in [1.82, 2.24) is 18.2 Å². The molecule has 0 aliphatic rings. The van der Waals surface area contributed by atoms with Crippen LogP contribution in [0.5, 0.6) is 5.75 Å². The van der Waals surface area contributed by atoms with E-state index in [9.17, 15) is 4.79 Å². The second-order valence-electron chi connectivity index (χ2n) is 7.71. The van der Waals surface area contributed by atoms with E-state index in [1.165, 1.54) is 0 Å². The molecule has 2 heterocycles. The molecule has 0 unspecified atom stereocenters. The number of ether oxygens (including phenoxy) is 1. The summed E-state index contributed by atoms with van der Waals surface area (Å²) in [5.74, 6) is 1.35. The van der Waals surface area contributed by atoms with Gasteiger partial charge in [-0.05, 0) is 25.5 Å². The number of fused-ring (bicyclic) bond motifs is 1. The van der Waals surface area contributed by atoms with Gasteiger partial charge in [0.1, 0.15) is 5.76 Å². The van der Waals surface area contributed by atoms with E-state index in [-0.39, 0.29) is 12.5 Å². The van der Waals surface area contributed by atoms with Gasteiger partial charge in [0, 0.05) is 5.56 Å². The number of aromatic nitrogens is 3. The van der Waals surface area contributed by atoms with Gasteiger partial charge in [-0.25, -0.2) is 0 Å². The van der Waals surface area contributed by atoms with Crippen molar-refractivity contribution >= 4 is 42.7 Å². The van der Waals surface area contributed by atoms with E-state index >= 15 is 0 Å². The Labute approximate surface area is 193 Å². The maximum atomic E-state index is 11.8. The van der Waals surface area contributed by atoms with Crippen molar-refractivity contribution in [2.75, 3.05) is 22.2 Å². The van der Waals surface area contributed by atoms with E-state index in [4.69, 9.17) is 15.0 Å². The van der Waals surface area contributed by atoms with E-state index in [1.807, 2.05) is 44.2 Å². The number of alkyl halides is 2. The van der Waals surface area contributed by atoms with Crippen LogP contribution in [0.3, 0.4) is 0 Å². The summed E-state index contributed by atoms with van der Waals surface area (Å²) >= 11 is -1.31. The van der Waals surface area contributed by atoms with E-state index in [1.54, 1.807) is 6.33 Å². The van der Waals surface area contributed by atoms with Gasteiger partial charge < -0.3 is 10.3 Å². The van der Waals surface area contributed by atoms with Gasteiger partial charge in [-0.2, -0.15) is 0 Å². The number of halogens is 1. The Morgan fingerprint density at radius 1 is 1.22 bits per heavy atom. The van der Waals surface area contributed by atoms with Crippen LogP contribution in [0.25, 0.3) is 22.2 Å². The topological polar surface area (TPSA) is 108 Å². The molecular weight excluding hydrogens is 521 g/mol. The van der Waals surface area contributed by atoms with E-state index in [2.05, 4.69) is 34.2 Å². The van der Waals surface area contributed by atoms with Crippen LogP contribution in [0.1, 0.15) is 17.0 Å². The fraction of sp³-hybridized carbons (Fsp3) is 0.261. The number of rotatable bonds is 7. The molecule has 1 amide bonds. The normalized spacial score (nSPS) is 11.6. The Morgan fingerprint density at radius 3 is 2.62 bits per heavy atom. The Morgan fingerprint density at radius 2 is 1.97 bits per heavy atom. The molecule has 0 bridgehead atoms. The van der Waals surface area contributed by atoms with Gasteiger partial charge in [-0.1, -0.05) is 5.16 Å². The van der Waals surface area contributed by atoms with Gasteiger partial charge in [0.25, 0.3) is 0 Å². The summed E-state index contributed by atoms with van der Waals surface area (Å²) in [5.41, 5.74) is 12.4. The number of hydrogen-bond donors (Lipinski definition) is 2.